The zero-order valence-electron chi connectivity index (χ0n) is 15.6. The molecule has 0 unspecified atom stereocenters. The van der Waals surface area contributed by atoms with E-state index in [9.17, 15) is 13.2 Å². The fourth-order valence-electron chi connectivity index (χ4n) is 3.11. The Hall–Kier alpha value is -2.45. The first-order valence-electron chi connectivity index (χ1n) is 8.92. The predicted molar refractivity (Wildman–Crippen MR) is 106 cm³/mol. The van der Waals surface area contributed by atoms with Crippen LogP contribution in [0, 0.1) is 0 Å². The van der Waals surface area contributed by atoms with Crippen molar-refractivity contribution in [1.82, 2.24) is 9.29 Å². The summed E-state index contributed by atoms with van der Waals surface area (Å²) in [5.74, 6) is -0.336. The Labute approximate surface area is 160 Å². The van der Waals surface area contributed by atoms with Crippen molar-refractivity contribution < 1.29 is 13.2 Å². The fraction of sp³-hybridized carbons (Fsp3) is 0.368. The number of pyridine rings is 1. The molecule has 0 bridgehead atoms. The van der Waals surface area contributed by atoms with Gasteiger partial charge in [0.15, 0.2) is 0 Å². The van der Waals surface area contributed by atoms with Gasteiger partial charge in [0.25, 0.3) is 5.91 Å². The topological polar surface area (TPSA) is 82.6 Å². The maximum atomic E-state index is 13.0. The minimum Gasteiger partial charge on any atom is -0.371 e. The average molecular weight is 388 g/mol. The van der Waals surface area contributed by atoms with Gasteiger partial charge >= 0.3 is 0 Å². The highest BCUT2D eigenvalue weighted by molar-refractivity contribution is 7.89. The number of piperidine rings is 1. The Morgan fingerprint density at radius 2 is 1.74 bits per heavy atom. The van der Waals surface area contributed by atoms with Crippen LogP contribution in [0.4, 0.5) is 11.4 Å². The number of rotatable bonds is 5. The number of sulfonamides is 1. The first-order chi connectivity index (χ1) is 12.9. The lowest BCUT2D eigenvalue weighted by Gasteiger charge is -2.30. The van der Waals surface area contributed by atoms with Crippen molar-refractivity contribution in [3.05, 3.63) is 48.3 Å². The third kappa shape index (κ3) is 4.28. The van der Waals surface area contributed by atoms with E-state index in [1.807, 2.05) is 0 Å². The molecule has 144 valence electrons. The number of nitrogens with zero attached hydrogens (tertiary/aromatic N) is 3. The number of carbonyl (C=O) groups is 1. The van der Waals surface area contributed by atoms with Crippen molar-refractivity contribution in [2.45, 2.75) is 24.2 Å². The third-order valence-electron chi connectivity index (χ3n) is 4.63. The summed E-state index contributed by atoms with van der Waals surface area (Å²) in [7, 11) is -0.675. The molecule has 1 saturated heterocycles. The summed E-state index contributed by atoms with van der Waals surface area (Å²) < 4.78 is 26.2. The highest BCUT2D eigenvalue weighted by Crippen LogP contribution is 2.28. The second-order valence-corrected chi connectivity index (χ2v) is 8.86. The highest BCUT2D eigenvalue weighted by atomic mass is 32.2. The van der Waals surface area contributed by atoms with Crippen LogP contribution in [0.3, 0.4) is 0 Å². The van der Waals surface area contributed by atoms with Gasteiger partial charge in [0.2, 0.25) is 10.0 Å². The highest BCUT2D eigenvalue weighted by Gasteiger charge is 2.24. The number of hydrogen-bond donors (Lipinski definition) is 1. The van der Waals surface area contributed by atoms with E-state index in [2.05, 4.69) is 15.2 Å². The van der Waals surface area contributed by atoms with Crippen LogP contribution in [-0.2, 0) is 10.0 Å². The van der Waals surface area contributed by atoms with Crippen LogP contribution in [0.1, 0.15) is 29.6 Å². The minimum atomic E-state index is -3.63. The second-order valence-electron chi connectivity index (χ2n) is 6.70. The zero-order valence-corrected chi connectivity index (χ0v) is 16.4. The van der Waals surface area contributed by atoms with Crippen LogP contribution in [0.2, 0.25) is 0 Å². The molecule has 1 aromatic heterocycles. The number of amides is 1. The summed E-state index contributed by atoms with van der Waals surface area (Å²) in [6.07, 6.45) is 6.47. The molecule has 2 heterocycles. The monoisotopic (exact) mass is 388 g/mol. The third-order valence-corrected chi connectivity index (χ3v) is 6.44. The summed E-state index contributed by atoms with van der Waals surface area (Å²) in [5, 5.41) is 2.83. The molecule has 3 rings (SSSR count). The number of anilines is 2. The average Bonchev–Trinajstić information content (AvgIpc) is 2.68. The molecule has 1 amide bonds. The Balaban J connectivity index is 2.02. The van der Waals surface area contributed by atoms with Crippen molar-refractivity contribution in [3.8, 4) is 0 Å². The van der Waals surface area contributed by atoms with Crippen molar-refractivity contribution in [3.63, 3.8) is 0 Å². The molecule has 1 N–H and O–H groups in total. The maximum Gasteiger partial charge on any atom is 0.257 e. The smallest absolute Gasteiger partial charge is 0.257 e. The molecule has 1 aliphatic rings. The Morgan fingerprint density at radius 3 is 2.37 bits per heavy atom. The molecule has 7 nitrogen and oxygen atoms in total. The summed E-state index contributed by atoms with van der Waals surface area (Å²) in [5.41, 5.74) is 1.73. The van der Waals surface area contributed by atoms with Crippen LogP contribution in [0.15, 0.2) is 47.6 Å². The van der Waals surface area contributed by atoms with Gasteiger partial charge in [-0.05, 0) is 49.6 Å². The molecule has 0 aliphatic carbocycles. The van der Waals surface area contributed by atoms with Gasteiger partial charge in [0.05, 0.1) is 10.5 Å². The Morgan fingerprint density at radius 1 is 1.07 bits per heavy atom. The van der Waals surface area contributed by atoms with Crippen LogP contribution >= 0.6 is 0 Å². The molecule has 1 aliphatic heterocycles. The lowest BCUT2D eigenvalue weighted by Crippen LogP contribution is -2.32. The molecule has 8 heteroatoms. The van der Waals surface area contributed by atoms with Crippen LogP contribution in [0.25, 0.3) is 0 Å². The molecule has 1 aromatic carbocycles. The van der Waals surface area contributed by atoms with Crippen molar-refractivity contribution >= 4 is 27.3 Å². The molecule has 0 atom stereocenters. The van der Waals surface area contributed by atoms with Gasteiger partial charge in [0.1, 0.15) is 0 Å². The Kier molecular flexibility index (Phi) is 5.76. The maximum absolute atomic E-state index is 13.0. The van der Waals surface area contributed by atoms with Gasteiger partial charge in [-0.2, -0.15) is 0 Å². The van der Waals surface area contributed by atoms with Crippen molar-refractivity contribution in [1.29, 1.82) is 0 Å². The van der Waals surface area contributed by atoms with Gasteiger partial charge in [-0.25, -0.2) is 12.7 Å². The summed E-state index contributed by atoms with van der Waals surface area (Å²) in [6.45, 7) is 1.71. The predicted octanol–water partition coefficient (Wildman–Crippen LogP) is 2.57. The molecule has 2 aromatic rings. The van der Waals surface area contributed by atoms with Gasteiger partial charge in [0, 0.05) is 51.0 Å². The molecule has 0 spiro atoms. The summed E-state index contributed by atoms with van der Waals surface area (Å²) in [6, 6.07) is 8.17. The molecule has 0 saturated carbocycles. The minimum absolute atomic E-state index is 0.105. The second kappa shape index (κ2) is 8.06. The van der Waals surface area contributed by atoms with Gasteiger partial charge in [-0.1, -0.05) is 0 Å². The van der Waals surface area contributed by atoms with Crippen LogP contribution < -0.4 is 10.2 Å². The van der Waals surface area contributed by atoms with E-state index >= 15 is 0 Å². The van der Waals surface area contributed by atoms with E-state index in [4.69, 9.17) is 0 Å². The quantitative estimate of drug-likeness (QED) is 0.851. The lowest BCUT2D eigenvalue weighted by atomic mass is 10.1. The summed E-state index contributed by atoms with van der Waals surface area (Å²) >= 11 is 0. The normalized spacial score (nSPS) is 15.0. The number of hydrogen-bond acceptors (Lipinski definition) is 5. The van der Waals surface area contributed by atoms with E-state index in [0.717, 1.165) is 35.9 Å². The molecule has 0 radical (unpaired) electrons. The van der Waals surface area contributed by atoms with E-state index in [-0.39, 0.29) is 10.8 Å². The van der Waals surface area contributed by atoms with E-state index < -0.39 is 10.0 Å². The molecular weight excluding hydrogens is 364 g/mol. The van der Waals surface area contributed by atoms with Gasteiger partial charge in [-0.3, -0.25) is 9.78 Å². The van der Waals surface area contributed by atoms with Crippen molar-refractivity contribution in [2.24, 2.45) is 0 Å². The number of aromatic nitrogens is 1. The zero-order chi connectivity index (χ0) is 19.4. The largest absolute Gasteiger partial charge is 0.371 e. The van der Waals surface area contributed by atoms with E-state index in [1.54, 1.807) is 36.7 Å². The SMILES string of the molecule is CN(C)S(=O)(=O)c1ccc(N2CCCCC2)c(C(=O)Nc2ccncc2)c1. The summed E-state index contributed by atoms with van der Waals surface area (Å²) in [4.78, 5) is 19.2. The first-order valence-corrected chi connectivity index (χ1v) is 10.4. The molecule has 27 heavy (non-hydrogen) atoms. The van der Waals surface area contributed by atoms with Crippen LogP contribution in [-0.4, -0.2) is 50.8 Å². The van der Waals surface area contributed by atoms with E-state index in [1.165, 1.54) is 26.6 Å². The first kappa shape index (κ1) is 19.3. The van der Waals surface area contributed by atoms with Gasteiger partial charge in [-0.15, -0.1) is 0 Å². The molecule has 1 fully saturated rings. The standard InChI is InChI=1S/C19H24N4O3S/c1-22(2)27(25,26)16-6-7-18(23-12-4-3-5-13-23)17(14-16)19(24)21-15-8-10-20-11-9-15/h6-11,14H,3-5,12-13H2,1-2H3,(H,20,21,24). The number of carbonyl (C=O) groups excluding carboxylic acids is 1. The lowest BCUT2D eigenvalue weighted by molar-refractivity contribution is 0.102. The van der Waals surface area contributed by atoms with Crippen molar-refractivity contribution in [2.75, 3.05) is 37.4 Å². The number of benzene rings is 1. The van der Waals surface area contributed by atoms with Gasteiger partial charge < -0.3 is 10.2 Å². The van der Waals surface area contributed by atoms with Crippen LogP contribution in [0.5, 0.6) is 0 Å². The number of nitrogens with one attached hydrogen (secondary N) is 1. The fourth-order valence-corrected chi connectivity index (χ4v) is 4.04. The van der Waals surface area contributed by atoms with E-state index in [0.29, 0.717) is 11.3 Å². The molecular formula is C19H24N4O3S. The Bertz CT molecular complexity index is 908.